The summed E-state index contributed by atoms with van der Waals surface area (Å²) in [5.41, 5.74) is 0. The fourth-order valence-corrected chi connectivity index (χ4v) is 0.629. The highest BCUT2D eigenvalue weighted by Gasteiger charge is 2.05. The van der Waals surface area contributed by atoms with Gasteiger partial charge in [0.1, 0.15) is 0 Å². The Hall–Kier alpha value is -0.0400. The molecule has 0 heterocycles. The molecular weight excluding hydrogens is 100 g/mol. The monoisotopic (exact) mass is 116 g/mol. The molecule has 50 valence electrons. The van der Waals surface area contributed by atoms with E-state index < -0.39 is 0 Å². The summed E-state index contributed by atoms with van der Waals surface area (Å²) in [5, 5.41) is 9.13. The highest BCUT2D eigenvalue weighted by molar-refractivity contribution is 4.57. The lowest BCUT2D eigenvalue weighted by molar-refractivity contribution is 0.115. The molecule has 0 spiro atoms. The summed E-state index contributed by atoms with van der Waals surface area (Å²) in [6.07, 6.45) is 1.94. The zero-order valence-electron chi connectivity index (χ0n) is 6.02. The predicted molar refractivity (Wildman–Crippen MR) is 35.8 cm³/mol. The van der Waals surface area contributed by atoms with Crippen molar-refractivity contribution in [2.45, 2.75) is 39.7 Å². The highest BCUT2D eigenvalue weighted by atomic mass is 16.3. The number of rotatable bonds is 3. The minimum absolute atomic E-state index is 0.0833. The van der Waals surface area contributed by atoms with Crippen molar-refractivity contribution >= 4 is 0 Å². The van der Waals surface area contributed by atoms with Crippen LogP contribution in [0.15, 0.2) is 0 Å². The van der Waals surface area contributed by atoms with Crippen LogP contribution in [0.3, 0.4) is 0 Å². The van der Waals surface area contributed by atoms with Crippen LogP contribution in [0.4, 0.5) is 0 Å². The summed E-state index contributed by atoms with van der Waals surface area (Å²) in [7, 11) is 0. The Morgan fingerprint density at radius 2 is 1.88 bits per heavy atom. The quantitative estimate of drug-likeness (QED) is 0.596. The third-order valence-electron chi connectivity index (χ3n) is 1.35. The van der Waals surface area contributed by atoms with Crippen LogP contribution in [0.25, 0.3) is 0 Å². The lowest BCUT2D eigenvalue weighted by Gasteiger charge is -2.11. The Morgan fingerprint density at radius 1 is 1.38 bits per heavy atom. The third kappa shape index (κ3) is 3.03. The van der Waals surface area contributed by atoms with E-state index in [4.69, 9.17) is 5.11 Å². The lowest BCUT2D eigenvalue weighted by atomic mass is 10.0. The molecule has 1 N–H and O–H groups in total. The van der Waals surface area contributed by atoms with Gasteiger partial charge in [-0.25, -0.2) is 0 Å². The summed E-state index contributed by atoms with van der Waals surface area (Å²) in [6, 6.07) is 0. The standard InChI is InChI=1S/C7H16O/c1-4-5-7(8)6(2)3/h6-8H,4-5H2,1-3H3. The van der Waals surface area contributed by atoms with E-state index in [0.717, 1.165) is 12.8 Å². The summed E-state index contributed by atoms with van der Waals surface area (Å²) < 4.78 is 0. The second kappa shape index (κ2) is 3.90. The van der Waals surface area contributed by atoms with Crippen LogP contribution in [0.2, 0.25) is 0 Å². The Bertz CT molecular complexity index is 50.3. The van der Waals surface area contributed by atoms with E-state index in [0.29, 0.717) is 5.92 Å². The molecule has 0 aromatic heterocycles. The van der Waals surface area contributed by atoms with Crippen molar-refractivity contribution in [1.29, 1.82) is 0 Å². The van der Waals surface area contributed by atoms with Gasteiger partial charge in [0, 0.05) is 0 Å². The summed E-state index contributed by atoms with van der Waals surface area (Å²) >= 11 is 0. The van der Waals surface area contributed by atoms with Crippen LogP contribution < -0.4 is 0 Å². The molecule has 0 saturated heterocycles. The van der Waals surface area contributed by atoms with E-state index in [1.165, 1.54) is 0 Å². The van der Waals surface area contributed by atoms with Crippen LogP contribution in [-0.2, 0) is 0 Å². The second-order valence-electron chi connectivity index (χ2n) is 2.60. The second-order valence-corrected chi connectivity index (χ2v) is 2.60. The van der Waals surface area contributed by atoms with Gasteiger partial charge in [-0.1, -0.05) is 27.2 Å². The van der Waals surface area contributed by atoms with E-state index in [1.807, 2.05) is 13.8 Å². The van der Waals surface area contributed by atoms with Gasteiger partial charge in [-0.15, -0.1) is 0 Å². The minimum atomic E-state index is -0.0833. The van der Waals surface area contributed by atoms with Gasteiger partial charge in [0.05, 0.1) is 6.10 Å². The summed E-state index contributed by atoms with van der Waals surface area (Å²) in [5.74, 6) is 0.426. The van der Waals surface area contributed by atoms with Crippen LogP contribution in [-0.4, -0.2) is 11.2 Å². The molecule has 0 aliphatic carbocycles. The first kappa shape index (κ1) is 7.96. The molecule has 0 amide bonds. The van der Waals surface area contributed by atoms with Gasteiger partial charge in [-0.3, -0.25) is 0 Å². The Balaban J connectivity index is 3.17. The third-order valence-corrected chi connectivity index (χ3v) is 1.35. The van der Waals surface area contributed by atoms with E-state index in [9.17, 15) is 0 Å². The highest BCUT2D eigenvalue weighted by Crippen LogP contribution is 2.06. The van der Waals surface area contributed by atoms with Gasteiger partial charge in [-0.05, 0) is 12.3 Å². The fraction of sp³-hybridized carbons (Fsp3) is 1.00. The Kier molecular flexibility index (Phi) is 3.88. The van der Waals surface area contributed by atoms with Gasteiger partial charge in [0.15, 0.2) is 0 Å². The van der Waals surface area contributed by atoms with Crippen molar-refractivity contribution < 1.29 is 5.11 Å². The topological polar surface area (TPSA) is 20.2 Å². The van der Waals surface area contributed by atoms with Gasteiger partial charge < -0.3 is 5.11 Å². The van der Waals surface area contributed by atoms with Crippen LogP contribution in [0.1, 0.15) is 33.6 Å². The number of aliphatic hydroxyl groups excluding tert-OH is 1. The average Bonchev–Trinajstić information content (AvgIpc) is 1.67. The molecule has 1 heteroatoms. The van der Waals surface area contributed by atoms with Crippen molar-refractivity contribution in [3.8, 4) is 0 Å². The zero-order chi connectivity index (χ0) is 6.57. The SMILES string of the molecule is CCCC(O)C(C)C. The van der Waals surface area contributed by atoms with Crippen molar-refractivity contribution in [3.05, 3.63) is 0 Å². The van der Waals surface area contributed by atoms with Gasteiger partial charge >= 0.3 is 0 Å². The Morgan fingerprint density at radius 3 is 2.00 bits per heavy atom. The van der Waals surface area contributed by atoms with Crippen LogP contribution in [0, 0.1) is 5.92 Å². The molecule has 0 aromatic carbocycles. The van der Waals surface area contributed by atoms with Gasteiger partial charge in [0.2, 0.25) is 0 Å². The molecule has 0 rings (SSSR count). The first-order valence-corrected chi connectivity index (χ1v) is 3.36. The van der Waals surface area contributed by atoms with Crippen LogP contribution >= 0.6 is 0 Å². The first-order valence-electron chi connectivity index (χ1n) is 3.36. The van der Waals surface area contributed by atoms with Gasteiger partial charge in [-0.2, -0.15) is 0 Å². The van der Waals surface area contributed by atoms with Gasteiger partial charge in [0.25, 0.3) is 0 Å². The molecule has 0 fully saturated rings. The van der Waals surface area contributed by atoms with Crippen molar-refractivity contribution in [1.82, 2.24) is 0 Å². The molecular formula is C7H16O. The fourth-order valence-electron chi connectivity index (χ4n) is 0.629. The largest absolute Gasteiger partial charge is 0.393 e. The number of hydrogen-bond donors (Lipinski definition) is 1. The molecule has 8 heavy (non-hydrogen) atoms. The van der Waals surface area contributed by atoms with E-state index in [1.54, 1.807) is 0 Å². The molecule has 0 aliphatic rings. The average molecular weight is 116 g/mol. The molecule has 0 saturated carbocycles. The maximum atomic E-state index is 9.13. The summed E-state index contributed by atoms with van der Waals surface area (Å²) in [6.45, 7) is 6.17. The van der Waals surface area contributed by atoms with Crippen LogP contribution in [0.5, 0.6) is 0 Å². The molecule has 1 nitrogen and oxygen atoms in total. The lowest BCUT2D eigenvalue weighted by Crippen LogP contribution is -2.13. The smallest absolute Gasteiger partial charge is 0.0563 e. The summed E-state index contributed by atoms with van der Waals surface area (Å²) in [4.78, 5) is 0. The molecule has 0 aromatic rings. The molecule has 0 bridgehead atoms. The maximum absolute atomic E-state index is 9.13. The normalized spacial score (nSPS) is 14.6. The minimum Gasteiger partial charge on any atom is -0.393 e. The molecule has 0 aliphatic heterocycles. The van der Waals surface area contributed by atoms with Crippen molar-refractivity contribution in [3.63, 3.8) is 0 Å². The number of aliphatic hydroxyl groups is 1. The molecule has 0 radical (unpaired) electrons. The predicted octanol–water partition coefficient (Wildman–Crippen LogP) is 1.80. The maximum Gasteiger partial charge on any atom is 0.0563 e. The molecule has 1 atom stereocenters. The molecule has 1 unspecified atom stereocenters. The first-order chi connectivity index (χ1) is 3.68. The Labute approximate surface area is 51.7 Å². The van der Waals surface area contributed by atoms with E-state index in [-0.39, 0.29) is 6.10 Å². The van der Waals surface area contributed by atoms with E-state index in [2.05, 4.69) is 6.92 Å². The van der Waals surface area contributed by atoms with E-state index >= 15 is 0 Å². The van der Waals surface area contributed by atoms with Crippen molar-refractivity contribution in [2.75, 3.05) is 0 Å². The number of hydrogen-bond acceptors (Lipinski definition) is 1. The zero-order valence-corrected chi connectivity index (χ0v) is 6.02. The van der Waals surface area contributed by atoms with Crippen molar-refractivity contribution in [2.24, 2.45) is 5.92 Å².